The molecule has 0 unspecified atom stereocenters. The van der Waals surface area contributed by atoms with Gasteiger partial charge in [0.1, 0.15) is 12.3 Å². The van der Waals surface area contributed by atoms with E-state index in [1.807, 2.05) is 32.0 Å². The van der Waals surface area contributed by atoms with Crippen molar-refractivity contribution < 1.29 is 19.1 Å². The van der Waals surface area contributed by atoms with E-state index in [0.29, 0.717) is 16.9 Å². The van der Waals surface area contributed by atoms with Crippen LogP contribution in [0.5, 0.6) is 5.75 Å². The summed E-state index contributed by atoms with van der Waals surface area (Å²) in [6, 6.07) is 12.0. The van der Waals surface area contributed by atoms with Crippen LogP contribution in [0.1, 0.15) is 44.8 Å². The summed E-state index contributed by atoms with van der Waals surface area (Å²) in [6.07, 6.45) is 0. The second kappa shape index (κ2) is 7.00. The number of hydrogen-bond donors (Lipinski definition) is 1. The SMILES string of the molecule is COc1ccc(C)cc1[C@@H](C)NC(=O)CN1C(=O)c2ccccc2C1=O. The van der Waals surface area contributed by atoms with Crippen molar-refractivity contribution in [2.24, 2.45) is 0 Å². The normalized spacial score (nSPS) is 14.2. The average molecular weight is 352 g/mol. The van der Waals surface area contributed by atoms with E-state index >= 15 is 0 Å². The first kappa shape index (κ1) is 17.7. The third-order valence-corrected chi connectivity index (χ3v) is 4.41. The predicted molar refractivity (Wildman–Crippen MR) is 96.1 cm³/mol. The number of rotatable bonds is 5. The van der Waals surface area contributed by atoms with E-state index in [1.165, 1.54) is 0 Å². The lowest BCUT2D eigenvalue weighted by Crippen LogP contribution is -2.41. The molecule has 26 heavy (non-hydrogen) atoms. The van der Waals surface area contributed by atoms with Crippen molar-refractivity contribution in [2.45, 2.75) is 19.9 Å². The lowest BCUT2D eigenvalue weighted by Gasteiger charge is -2.20. The molecule has 0 aliphatic carbocycles. The van der Waals surface area contributed by atoms with Gasteiger partial charge in [-0.05, 0) is 32.0 Å². The largest absolute Gasteiger partial charge is 0.496 e. The highest BCUT2D eigenvalue weighted by Gasteiger charge is 2.36. The number of methoxy groups -OCH3 is 1. The van der Waals surface area contributed by atoms with Crippen LogP contribution in [0, 0.1) is 6.92 Å². The summed E-state index contributed by atoms with van der Waals surface area (Å²) in [5.41, 5.74) is 2.54. The number of amides is 3. The molecule has 0 bridgehead atoms. The van der Waals surface area contributed by atoms with Gasteiger partial charge in [-0.25, -0.2) is 0 Å². The standard InChI is InChI=1S/C20H20N2O4/c1-12-8-9-17(26-3)16(10-12)13(2)21-18(23)11-22-19(24)14-6-4-5-7-15(14)20(22)25/h4-10,13H,11H2,1-3H3,(H,21,23)/t13-/m1/s1. The lowest BCUT2D eigenvalue weighted by atomic mass is 10.0. The van der Waals surface area contributed by atoms with Crippen molar-refractivity contribution in [3.63, 3.8) is 0 Å². The van der Waals surface area contributed by atoms with E-state index in [1.54, 1.807) is 31.4 Å². The molecular formula is C20H20N2O4. The lowest BCUT2D eigenvalue weighted by molar-refractivity contribution is -0.122. The van der Waals surface area contributed by atoms with Gasteiger partial charge >= 0.3 is 0 Å². The molecule has 1 N–H and O–H groups in total. The minimum absolute atomic E-state index is 0.315. The third kappa shape index (κ3) is 3.18. The van der Waals surface area contributed by atoms with Crippen LogP contribution in [0.4, 0.5) is 0 Å². The zero-order chi connectivity index (χ0) is 18.8. The smallest absolute Gasteiger partial charge is 0.262 e. The van der Waals surface area contributed by atoms with Gasteiger partial charge in [-0.3, -0.25) is 19.3 Å². The average Bonchev–Trinajstić information content (AvgIpc) is 2.87. The van der Waals surface area contributed by atoms with E-state index in [2.05, 4.69) is 5.32 Å². The van der Waals surface area contributed by atoms with Gasteiger partial charge in [0.15, 0.2) is 0 Å². The summed E-state index contributed by atoms with van der Waals surface area (Å²) in [4.78, 5) is 38.1. The van der Waals surface area contributed by atoms with Gasteiger partial charge in [0.05, 0.1) is 24.3 Å². The van der Waals surface area contributed by atoms with Crippen molar-refractivity contribution in [1.29, 1.82) is 0 Å². The molecular weight excluding hydrogens is 332 g/mol. The van der Waals surface area contributed by atoms with Crippen LogP contribution < -0.4 is 10.1 Å². The number of ether oxygens (including phenoxy) is 1. The molecule has 0 fully saturated rings. The summed E-state index contributed by atoms with van der Waals surface area (Å²) in [5, 5.41) is 2.83. The molecule has 3 rings (SSSR count). The molecule has 0 saturated heterocycles. The Kier molecular flexibility index (Phi) is 4.75. The first-order valence-corrected chi connectivity index (χ1v) is 8.31. The van der Waals surface area contributed by atoms with Crippen LogP contribution in [-0.4, -0.2) is 36.3 Å². The van der Waals surface area contributed by atoms with E-state index < -0.39 is 17.7 Å². The molecule has 0 spiro atoms. The Labute approximate surface area is 151 Å². The Hall–Kier alpha value is -3.15. The minimum atomic E-state index is -0.443. The van der Waals surface area contributed by atoms with Crippen molar-refractivity contribution in [3.05, 3.63) is 64.7 Å². The Morgan fingerprint density at radius 3 is 2.31 bits per heavy atom. The molecule has 0 aromatic heterocycles. The van der Waals surface area contributed by atoms with Crippen molar-refractivity contribution in [2.75, 3.05) is 13.7 Å². The fourth-order valence-corrected chi connectivity index (χ4v) is 3.08. The number of benzene rings is 2. The molecule has 2 aromatic carbocycles. The summed E-state index contributed by atoms with van der Waals surface area (Å²) in [6.45, 7) is 3.47. The van der Waals surface area contributed by atoms with Crippen LogP contribution in [-0.2, 0) is 4.79 Å². The first-order valence-electron chi connectivity index (χ1n) is 8.31. The second-order valence-corrected chi connectivity index (χ2v) is 6.28. The number of aryl methyl sites for hydroxylation is 1. The molecule has 134 valence electrons. The van der Waals surface area contributed by atoms with E-state index in [4.69, 9.17) is 4.74 Å². The number of imide groups is 1. The van der Waals surface area contributed by atoms with E-state index in [-0.39, 0.29) is 12.6 Å². The van der Waals surface area contributed by atoms with Crippen LogP contribution in [0.25, 0.3) is 0 Å². The predicted octanol–water partition coefficient (Wildman–Crippen LogP) is 2.48. The van der Waals surface area contributed by atoms with Crippen LogP contribution in [0.2, 0.25) is 0 Å². The van der Waals surface area contributed by atoms with Gasteiger partial charge in [0.2, 0.25) is 5.91 Å². The first-order chi connectivity index (χ1) is 12.4. The fraction of sp³-hybridized carbons (Fsp3) is 0.250. The Bertz CT molecular complexity index is 856. The van der Waals surface area contributed by atoms with Crippen molar-refractivity contribution >= 4 is 17.7 Å². The molecule has 0 radical (unpaired) electrons. The molecule has 2 aromatic rings. The van der Waals surface area contributed by atoms with Crippen LogP contribution in [0.3, 0.4) is 0 Å². The minimum Gasteiger partial charge on any atom is -0.496 e. The number of carbonyl (C=O) groups is 3. The molecule has 6 heteroatoms. The maximum absolute atomic E-state index is 12.4. The van der Waals surface area contributed by atoms with Gasteiger partial charge in [-0.1, -0.05) is 29.8 Å². The topological polar surface area (TPSA) is 75.7 Å². The van der Waals surface area contributed by atoms with Gasteiger partial charge in [0, 0.05) is 5.56 Å². The zero-order valence-electron chi connectivity index (χ0n) is 14.9. The molecule has 3 amide bonds. The second-order valence-electron chi connectivity index (χ2n) is 6.28. The number of nitrogens with one attached hydrogen (secondary N) is 1. The summed E-state index contributed by atoms with van der Waals surface area (Å²) in [7, 11) is 1.57. The van der Waals surface area contributed by atoms with Gasteiger partial charge in [0.25, 0.3) is 11.8 Å². The molecule has 1 atom stereocenters. The molecule has 1 aliphatic rings. The molecule has 0 saturated carbocycles. The molecule has 1 aliphatic heterocycles. The number of fused-ring (bicyclic) bond motifs is 1. The van der Waals surface area contributed by atoms with Gasteiger partial charge in [-0.2, -0.15) is 0 Å². The number of nitrogens with zero attached hydrogens (tertiary/aromatic N) is 1. The van der Waals surface area contributed by atoms with Crippen LogP contribution >= 0.6 is 0 Å². The summed E-state index contributed by atoms with van der Waals surface area (Å²) in [5.74, 6) is -0.622. The number of hydrogen-bond acceptors (Lipinski definition) is 4. The molecule has 6 nitrogen and oxygen atoms in total. The highest BCUT2D eigenvalue weighted by Crippen LogP contribution is 2.26. The van der Waals surface area contributed by atoms with E-state index in [0.717, 1.165) is 16.0 Å². The summed E-state index contributed by atoms with van der Waals surface area (Å²) < 4.78 is 5.34. The Morgan fingerprint density at radius 2 is 1.73 bits per heavy atom. The highest BCUT2D eigenvalue weighted by atomic mass is 16.5. The maximum Gasteiger partial charge on any atom is 0.262 e. The van der Waals surface area contributed by atoms with Crippen LogP contribution in [0.15, 0.2) is 42.5 Å². The van der Waals surface area contributed by atoms with Crippen molar-refractivity contribution in [1.82, 2.24) is 10.2 Å². The maximum atomic E-state index is 12.4. The fourth-order valence-electron chi connectivity index (χ4n) is 3.08. The quantitative estimate of drug-likeness (QED) is 0.839. The highest BCUT2D eigenvalue weighted by molar-refractivity contribution is 6.22. The Balaban J connectivity index is 1.71. The monoisotopic (exact) mass is 352 g/mol. The van der Waals surface area contributed by atoms with Gasteiger partial charge < -0.3 is 10.1 Å². The van der Waals surface area contributed by atoms with Crippen molar-refractivity contribution in [3.8, 4) is 5.75 Å². The number of carbonyl (C=O) groups excluding carboxylic acids is 3. The zero-order valence-corrected chi connectivity index (χ0v) is 14.9. The van der Waals surface area contributed by atoms with Gasteiger partial charge in [-0.15, -0.1) is 0 Å². The van der Waals surface area contributed by atoms with E-state index in [9.17, 15) is 14.4 Å². The third-order valence-electron chi connectivity index (χ3n) is 4.41. The summed E-state index contributed by atoms with van der Waals surface area (Å²) >= 11 is 0. The Morgan fingerprint density at radius 1 is 1.12 bits per heavy atom. The molecule has 1 heterocycles.